The number of rotatable bonds is 11. The summed E-state index contributed by atoms with van der Waals surface area (Å²) < 4.78 is 13.3. The van der Waals surface area contributed by atoms with Crippen LogP contribution in [-0.4, -0.2) is 29.9 Å². The van der Waals surface area contributed by atoms with Crippen LogP contribution in [0.1, 0.15) is 44.0 Å². The number of nitrogens with zero attached hydrogens (tertiary/aromatic N) is 1. The zero-order chi connectivity index (χ0) is 24.9. The Morgan fingerprint density at radius 1 is 1.06 bits per heavy atom. The van der Waals surface area contributed by atoms with E-state index >= 15 is 0 Å². The van der Waals surface area contributed by atoms with Crippen LogP contribution in [-0.2, 0) is 4.79 Å². The molecule has 0 aliphatic heterocycles. The van der Waals surface area contributed by atoms with Crippen molar-refractivity contribution in [2.45, 2.75) is 33.6 Å². The van der Waals surface area contributed by atoms with E-state index in [-0.39, 0.29) is 17.5 Å². The Kier molecular flexibility index (Phi) is 10.5. The second-order valence-corrected chi connectivity index (χ2v) is 8.01. The predicted octanol–water partition coefficient (Wildman–Crippen LogP) is 4.34. The van der Waals surface area contributed by atoms with Crippen LogP contribution in [0.5, 0.6) is 0 Å². The van der Waals surface area contributed by atoms with E-state index < -0.39 is 5.82 Å². The number of hydrogen-bond donors (Lipinski definition) is 4. The van der Waals surface area contributed by atoms with Gasteiger partial charge in [-0.05, 0) is 76.1 Å². The van der Waals surface area contributed by atoms with Crippen molar-refractivity contribution in [3.05, 3.63) is 89.2 Å². The quantitative estimate of drug-likeness (QED) is 0.171. The van der Waals surface area contributed by atoms with E-state index in [1.165, 1.54) is 18.3 Å². The van der Waals surface area contributed by atoms with Crippen LogP contribution in [0.25, 0.3) is 0 Å². The highest BCUT2D eigenvalue weighted by molar-refractivity contribution is 6.07. The van der Waals surface area contributed by atoms with Crippen molar-refractivity contribution in [2.24, 2.45) is 0 Å². The molecule has 0 bridgehead atoms. The molecule has 0 radical (unpaired) electrons. The number of halogens is 1. The van der Waals surface area contributed by atoms with Crippen LogP contribution >= 0.6 is 0 Å². The van der Waals surface area contributed by atoms with Crippen LogP contribution < -0.4 is 21.7 Å². The highest BCUT2D eigenvalue weighted by Gasteiger charge is 2.10. The summed E-state index contributed by atoms with van der Waals surface area (Å²) in [5.74, 6) is -0.932. The van der Waals surface area contributed by atoms with Gasteiger partial charge < -0.3 is 21.7 Å². The molecule has 7 nitrogen and oxygen atoms in total. The van der Waals surface area contributed by atoms with Crippen LogP contribution in [0.4, 0.5) is 15.8 Å². The molecule has 180 valence electrons. The minimum absolute atomic E-state index is 0.130. The zero-order valence-corrected chi connectivity index (χ0v) is 19.8. The van der Waals surface area contributed by atoms with Crippen LogP contribution in [0.15, 0.2) is 77.8 Å². The van der Waals surface area contributed by atoms with Gasteiger partial charge in [0.05, 0.1) is 16.9 Å². The van der Waals surface area contributed by atoms with E-state index in [1.54, 1.807) is 30.5 Å². The van der Waals surface area contributed by atoms with Gasteiger partial charge in [-0.25, -0.2) is 4.39 Å². The van der Waals surface area contributed by atoms with Gasteiger partial charge in [0, 0.05) is 36.8 Å². The summed E-state index contributed by atoms with van der Waals surface area (Å²) in [5.41, 5.74) is 9.16. The second-order valence-electron chi connectivity index (χ2n) is 8.01. The molecule has 1 aromatic heterocycles. The molecule has 0 unspecified atom stereocenters. The number of benzene rings is 1. The summed E-state index contributed by atoms with van der Waals surface area (Å²) in [6.07, 6.45) is 10.2. The van der Waals surface area contributed by atoms with Crippen molar-refractivity contribution in [3.8, 4) is 0 Å². The molecule has 0 spiro atoms. The van der Waals surface area contributed by atoms with Crippen molar-refractivity contribution >= 4 is 23.2 Å². The maximum atomic E-state index is 13.3. The average Bonchev–Trinajstić information content (AvgIpc) is 2.80. The normalized spacial score (nSPS) is 11.5. The van der Waals surface area contributed by atoms with Gasteiger partial charge in [-0.1, -0.05) is 11.6 Å². The van der Waals surface area contributed by atoms with Crippen molar-refractivity contribution in [1.82, 2.24) is 15.6 Å². The molecule has 0 atom stereocenters. The molecule has 0 aliphatic rings. The molecule has 8 heteroatoms. The maximum Gasteiger partial charge on any atom is 0.255 e. The van der Waals surface area contributed by atoms with Gasteiger partial charge in [0.15, 0.2) is 0 Å². The Bertz CT molecular complexity index is 1070. The van der Waals surface area contributed by atoms with E-state index in [0.29, 0.717) is 23.4 Å². The zero-order valence-electron chi connectivity index (χ0n) is 19.8. The molecule has 2 rings (SSSR count). The van der Waals surface area contributed by atoms with Crippen molar-refractivity contribution in [2.75, 3.05) is 24.1 Å². The lowest BCUT2D eigenvalue weighted by Gasteiger charge is -2.10. The van der Waals surface area contributed by atoms with E-state index in [9.17, 15) is 14.0 Å². The first-order chi connectivity index (χ1) is 16.3. The van der Waals surface area contributed by atoms with Crippen molar-refractivity contribution in [3.63, 3.8) is 0 Å². The van der Waals surface area contributed by atoms with Gasteiger partial charge in [0.2, 0.25) is 0 Å². The molecule has 0 aliphatic carbocycles. The molecule has 2 aromatic rings. The Morgan fingerprint density at radius 3 is 2.44 bits per heavy atom. The third-order valence-electron chi connectivity index (χ3n) is 4.70. The molecule has 0 saturated carbocycles. The number of hydrogen-bond acceptors (Lipinski definition) is 5. The Morgan fingerprint density at radius 2 is 1.79 bits per heavy atom. The third kappa shape index (κ3) is 9.28. The fourth-order valence-corrected chi connectivity index (χ4v) is 2.95. The Balaban J connectivity index is 1.84. The SMILES string of the molecule is CC(C)=C/C(=C\C=C(/C)NCCCCNC(=O)c1cccnc1)C(=O)Nc1ccc(F)cc1N. The number of unbranched alkanes of at least 4 members (excludes halogenated alkanes) is 1. The first-order valence-electron chi connectivity index (χ1n) is 11.1. The van der Waals surface area contributed by atoms with Crippen LogP contribution in [0.3, 0.4) is 0 Å². The van der Waals surface area contributed by atoms with E-state index in [0.717, 1.165) is 36.7 Å². The lowest BCUT2D eigenvalue weighted by Crippen LogP contribution is -2.25. The summed E-state index contributed by atoms with van der Waals surface area (Å²) >= 11 is 0. The first kappa shape index (κ1) is 26.3. The molecule has 1 aromatic carbocycles. The summed E-state index contributed by atoms with van der Waals surface area (Å²) in [6.45, 7) is 7.02. The predicted molar refractivity (Wildman–Crippen MR) is 135 cm³/mol. The lowest BCUT2D eigenvalue weighted by atomic mass is 10.1. The topological polar surface area (TPSA) is 109 Å². The van der Waals surface area contributed by atoms with Crippen molar-refractivity contribution < 1.29 is 14.0 Å². The molecule has 2 amide bonds. The molecule has 1 heterocycles. The number of carbonyl (C=O) groups excluding carboxylic acids is 2. The molecule has 5 N–H and O–H groups in total. The van der Waals surface area contributed by atoms with Gasteiger partial charge in [0.25, 0.3) is 11.8 Å². The summed E-state index contributed by atoms with van der Waals surface area (Å²) in [6, 6.07) is 7.30. The molecular formula is C26H32FN5O2. The fourth-order valence-electron chi connectivity index (χ4n) is 2.95. The fraction of sp³-hybridized carbons (Fsp3) is 0.269. The highest BCUT2D eigenvalue weighted by Crippen LogP contribution is 2.20. The minimum Gasteiger partial charge on any atom is -0.397 e. The summed E-state index contributed by atoms with van der Waals surface area (Å²) in [5, 5.41) is 8.89. The van der Waals surface area contributed by atoms with Gasteiger partial charge in [-0.2, -0.15) is 0 Å². The summed E-state index contributed by atoms with van der Waals surface area (Å²) in [7, 11) is 0. The van der Waals surface area contributed by atoms with E-state index in [4.69, 9.17) is 5.73 Å². The number of pyridine rings is 1. The smallest absolute Gasteiger partial charge is 0.255 e. The highest BCUT2D eigenvalue weighted by atomic mass is 19.1. The first-order valence-corrected chi connectivity index (χ1v) is 11.1. The molecule has 0 saturated heterocycles. The number of nitrogen functional groups attached to an aromatic ring is 1. The number of nitrogens with one attached hydrogen (secondary N) is 3. The Hall–Kier alpha value is -3.94. The number of allylic oxidation sites excluding steroid dienone is 4. The number of carbonyl (C=O) groups is 2. The maximum absolute atomic E-state index is 13.3. The average molecular weight is 466 g/mol. The standard InChI is InChI=1S/C26H32FN5O2/c1-18(2)15-20(26(34)32-24-11-10-22(27)16-23(24)28)9-8-19(3)30-13-4-5-14-31-25(33)21-7-6-12-29-17-21/h6-12,15-17,30H,4-5,13-14,28H2,1-3H3,(H,31,33)(H,32,34)/b19-8+,20-9+. The molecular weight excluding hydrogens is 433 g/mol. The third-order valence-corrected chi connectivity index (χ3v) is 4.70. The monoisotopic (exact) mass is 465 g/mol. The second kappa shape index (κ2) is 13.6. The van der Waals surface area contributed by atoms with Gasteiger partial charge in [-0.3, -0.25) is 14.6 Å². The van der Waals surface area contributed by atoms with Crippen molar-refractivity contribution in [1.29, 1.82) is 0 Å². The number of anilines is 2. The van der Waals surface area contributed by atoms with E-state index in [2.05, 4.69) is 20.9 Å². The van der Waals surface area contributed by atoms with E-state index in [1.807, 2.05) is 26.8 Å². The lowest BCUT2D eigenvalue weighted by molar-refractivity contribution is -0.112. The Labute approximate surface area is 200 Å². The van der Waals surface area contributed by atoms with Crippen LogP contribution in [0.2, 0.25) is 0 Å². The minimum atomic E-state index is -0.462. The van der Waals surface area contributed by atoms with Gasteiger partial charge in [-0.15, -0.1) is 0 Å². The molecule has 34 heavy (non-hydrogen) atoms. The van der Waals surface area contributed by atoms with Gasteiger partial charge in [0.1, 0.15) is 5.82 Å². The van der Waals surface area contributed by atoms with Gasteiger partial charge >= 0.3 is 0 Å². The number of aromatic nitrogens is 1. The largest absolute Gasteiger partial charge is 0.397 e. The van der Waals surface area contributed by atoms with Crippen LogP contribution in [0, 0.1) is 5.82 Å². The molecule has 0 fully saturated rings. The number of amides is 2. The number of nitrogens with two attached hydrogens (primary N) is 1. The summed E-state index contributed by atoms with van der Waals surface area (Å²) in [4.78, 5) is 28.6.